The monoisotopic (exact) mass is 190 g/mol. The number of nitriles is 1. The van der Waals surface area contributed by atoms with Crippen molar-refractivity contribution in [3.63, 3.8) is 0 Å². The first-order valence-electron chi connectivity index (χ1n) is 4.13. The van der Waals surface area contributed by atoms with Crippen LogP contribution in [0.15, 0.2) is 18.3 Å². The number of ketones is 1. The summed E-state index contributed by atoms with van der Waals surface area (Å²) in [6.45, 7) is 1.56. The van der Waals surface area contributed by atoms with Crippen molar-refractivity contribution in [3.8, 4) is 11.9 Å². The average Bonchev–Trinajstić information content (AvgIpc) is 2.27. The van der Waals surface area contributed by atoms with Crippen LogP contribution in [0.1, 0.15) is 17.3 Å². The molecule has 1 aromatic heterocycles. The van der Waals surface area contributed by atoms with Crippen LogP contribution in [0.3, 0.4) is 0 Å². The van der Waals surface area contributed by atoms with E-state index in [-0.39, 0.29) is 5.78 Å². The molecule has 1 heterocycles. The Labute approximate surface area is 82.1 Å². The number of aromatic nitrogens is 1. The minimum atomic E-state index is -0.634. The van der Waals surface area contributed by atoms with E-state index in [1.165, 1.54) is 13.3 Å². The molecule has 1 atom stereocenters. The number of hydrogen-bond acceptors (Lipinski definition) is 4. The number of carbonyl (C=O) groups is 1. The van der Waals surface area contributed by atoms with Crippen molar-refractivity contribution in [2.45, 2.75) is 6.92 Å². The fraction of sp³-hybridized carbons (Fsp3) is 0.300. The van der Waals surface area contributed by atoms with Crippen LogP contribution < -0.4 is 4.74 Å². The maximum atomic E-state index is 11.5. The van der Waals surface area contributed by atoms with Crippen LogP contribution in [0.2, 0.25) is 0 Å². The number of carbonyl (C=O) groups excluding carboxylic acids is 1. The second kappa shape index (κ2) is 4.38. The molecule has 4 nitrogen and oxygen atoms in total. The second-order valence-electron chi connectivity index (χ2n) is 2.80. The molecule has 0 amide bonds. The first-order chi connectivity index (χ1) is 6.69. The molecule has 0 spiro atoms. The molecule has 0 bridgehead atoms. The summed E-state index contributed by atoms with van der Waals surface area (Å²) in [7, 11) is 1.50. The normalized spacial score (nSPS) is 11.5. The second-order valence-corrected chi connectivity index (χ2v) is 2.80. The van der Waals surface area contributed by atoms with Gasteiger partial charge in [-0.25, -0.2) is 4.98 Å². The van der Waals surface area contributed by atoms with E-state index in [2.05, 4.69) is 4.98 Å². The smallest absolute Gasteiger partial charge is 0.212 e. The Morgan fingerprint density at radius 3 is 2.79 bits per heavy atom. The standard InChI is InChI=1S/C10H10N2O2/c1-7(5-11)10(13)8-3-4-9(14-2)12-6-8/h3-4,6-7H,1-2H3. The highest BCUT2D eigenvalue weighted by Gasteiger charge is 2.14. The van der Waals surface area contributed by atoms with Gasteiger partial charge in [0.15, 0.2) is 5.78 Å². The average molecular weight is 190 g/mol. The lowest BCUT2D eigenvalue weighted by atomic mass is 10.0. The minimum absolute atomic E-state index is 0.220. The van der Waals surface area contributed by atoms with Crippen molar-refractivity contribution < 1.29 is 9.53 Å². The Hall–Kier alpha value is -1.89. The van der Waals surface area contributed by atoms with Crippen molar-refractivity contribution in [1.29, 1.82) is 5.26 Å². The predicted molar refractivity (Wildman–Crippen MR) is 49.9 cm³/mol. The maximum Gasteiger partial charge on any atom is 0.212 e. The van der Waals surface area contributed by atoms with Gasteiger partial charge in [0.1, 0.15) is 5.92 Å². The highest BCUT2D eigenvalue weighted by atomic mass is 16.5. The molecule has 14 heavy (non-hydrogen) atoms. The van der Waals surface area contributed by atoms with Crippen LogP contribution in [-0.2, 0) is 0 Å². The van der Waals surface area contributed by atoms with Gasteiger partial charge in [-0.2, -0.15) is 5.26 Å². The molecular formula is C10H10N2O2. The number of nitrogens with zero attached hydrogens (tertiary/aromatic N) is 2. The Kier molecular flexibility index (Phi) is 3.19. The van der Waals surface area contributed by atoms with Crippen molar-refractivity contribution in [2.24, 2.45) is 5.92 Å². The molecule has 4 heteroatoms. The van der Waals surface area contributed by atoms with Gasteiger partial charge in [-0.15, -0.1) is 0 Å². The van der Waals surface area contributed by atoms with Crippen molar-refractivity contribution in [2.75, 3.05) is 7.11 Å². The number of rotatable bonds is 3. The largest absolute Gasteiger partial charge is 0.481 e. The van der Waals surface area contributed by atoms with Gasteiger partial charge in [0.05, 0.1) is 13.2 Å². The summed E-state index contributed by atoms with van der Waals surface area (Å²) in [6, 6.07) is 5.08. The molecule has 0 saturated carbocycles. The van der Waals surface area contributed by atoms with E-state index in [9.17, 15) is 4.79 Å². The molecule has 0 radical (unpaired) electrons. The Bertz CT molecular complexity index is 365. The summed E-state index contributed by atoms with van der Waals surface area (Å²) in [4.78, 5) is 15.4. The SMILES string of the molecule is COc1ccc(C(=O)C(C)C#N)cn1. The summed E-state index contributed by atoms with van der Waals surface area (Å²) in [5.41, 5.74) is 0.430. The zero-order chi connectivity index (χ0) is 10.6. The summed E-state index contributed by atoms with van der Waals surface area (Å²) in [5.74, 6) is -0.404. The zero-order valence-corrected chi connectivity index (χ0v) is 8.02. The molecule has 0 aliphatic rings. The van der Waals surface area contributed by atoms with E-state index in [1.54, 1.807) is 19.1 Å². The molecule has 0 fully saturated rings. The predicted octanol–water partition coefficient (Wildman–Crippen LogP) is 1.43. The quantitative estimate of drug-likeness (QED) is 0.676. The number of methoxy groups -OCH3 is 1. The summed E-state index contributed by atoms with van der Waals surface area (Å²) < 4.78 is 4.85. The van der Waals surface area contributed by atoms with Gasteiger partial charge in [0.25, 0.3) is 0 Å². The molecular weight excluding hydrogens is 180 g/mol. The van der Waals surface area contributed by atoms with Crippen LogP contribution in [0.5, 0.6) is 5.88 Å². The summed E-state index contributed by atoms with van der Waals surface area (Å²) in [5, 5.41) is 8.55. The molecule has 0 aliphatic carbocycles. The van der Waals surface area contributed by atoms with E-state index in [0.717, 1.165) is 0 Å². The molecule has 1 rings (SSSR count). The van der Waals surface area contributed by atoms with Crippen LogP contribution in [-0.4, -0.2) is 17.9 Å². The topological polar surface area (TPSA) is 63.0 Å². The third kappa shape index (κ3) is 2.07. The van der Waals surface area contributed by atoms with E-state index < -0.39 is 5.92 Å². The highest BCUT2D eigenvalue weighted by Crippen LogP contribution is 2.10. The van der Waals surface area contributed by atoms with E-state index in [0.29, 0.717) is 11.4 Å². The van der Waals surface area contributed by atoms with Gasteiger partial charge >= 0.3 is 0 Å². The summed E-state index contributed by atoms with van der Waals surface area (Å²) in [6.07, 6.45) is 1.41. The molecule has 0 N–H and O–H groups in total. The van der Waals surface area contributed by atoms with Crippen molar-refractivity contribution in [1.82, 2.24) is 4.98 Å². The Morgan fingerprint density at radius 1 is 1.64 bits per heavy atom. The molecule has 1 aromatic rings. The first kappa shape index (κ1) is 10.2. The molecule has 1 unspecified atom stereocenters. The molecule has 0 aromatic carbocycles. The number of ether oxygens (including phenoxy) is 1. The molecule has 0 saturated heterocycles. The lowest BCUT2D eigenvalue weighted by molar-refractivity contribution is 0.0956. The minimum Gasteiger partial charge on any atom is -0.481 e. The van der Waals surface area contributed by atoms with Gasteiger partial charge in [-0.1, -0.05) is 0 Å². The van der Waals surface area contributed by atoms with Gasteiger partial charge in [-0.05, 0) is 13.0 Å². The van der Waals surface area contributed by atoms with Crippen molar-refractivity contribution >= 4 is 5.78 Å². The fourth-order valence-corrected chi connectivity index (χ4v) is 0.955. The van der Waals surface area contributed by atoms with Crippen LogP contribution in [0.4, 0.5) is 0 Å². The third-order valence-electron chi connectivity index (χ3n) is 1.82. The van der Waals surface area contributed by atoms with E-state index in [4.69, 9.17) is 10.00 Å². The fourth-order valence-electron chi connectivity index (χ4n) is 0.955. The lowest BCUT2D eigenvalue weighted by Gasteiger charge is -2.02. The van der Waals surface area contributed by atoms with Gasteiger partial charge in [0, 0.05) is 17.8 Å². The molecule has 72 valence electrons. The molecule has 0 aliphatic heterocycles. The maximum absolute atomic E-state index is 11.5. The zero-order valence-electron chi connectivity index (χ0n) is 8.02. The summed E-state index contributed by atoms with van der Waals surface area (Å²) >= 11 is 0. The van der Waals surface area contributed by atoms with Gasteiger partial charge < -0.3 is 4.74 Å². The Balaban J connectivity index is 2.88. The van der Waals surface area contributed by atoms with Crippen molar-refractivity contribution in [3.05, 3.63) is 23.9 Å². The number of pyridine rings is 1. The first-order valence-corrected chi connectivity index (χ1v) is 4.13. The number of hydrogen-bond donors (Lipinski definition) is 0. The van der Waals surface area contributed by atoms with E-state index >= 15 is 0 Å². The van der Waals surface area contributed by atoms with Gasteiger partial charge in [0.2, 0.25) is 5.88 Å². The van der Waals surface area contributed by atoms with Crippen LogP contribution >= 0.6 is 0 Å². The van der Waals surface area contributed by atoms with E-state index in [1.807, 2.05) is 6.07 Å². The van der Waals surface area contributed by atoms with Crippen LogP contribution in [0.25, 0.3) is 0 Å². The highest BCUT2D eigenvalue weighted by molar-refractivity contribution is 5.98. The lowest BCUT2D eigenvalue weighted by Crippen LogP contribution is -2.09. The number of Topliss-reactive ketones (excluding diaryl/α,β-unsaturated/α-hetero) is 1. The van der Waals surface area contributed by atoms with Crippen LogP contribution in [0, 0.1) is 17.2 Å². The third-order valence-corrected chi connectivity index (χ3v) is 1.82. The Morgan fingerprint density at radius 2 is 2.36 bits per heavy atom. The van der Waals surface area contributed by atoms with Gasteiger partial charge in [-0.3, -0.25) is 4.79 Å².